The zero-order valence-corrected chi connectivity index (χ0v) is 53.9. The average molecular weight is 1290 g/mol. The van der Waals surface area contributed by atoms with Crippen molar-refractivity contribution < 1.29 is 78.2 Å². The second kappa shape index (κ2) is 32.1. The predicted molar refractivity (Wildman–Crippen MR) is 331 cm³/mol. The number of nitrogen functional groups attached to an aromatic ring is 1. The van der Waals surface area contributed by atoms with Gasteiger partial charge in [0.25, 0.3) is 30.4 Å². The molecular formula is C60H75ClN4O19S3. The summed E-state index contributed by atoms with van der Waals surface area (Å²) in [5.74, 6) is -0.0296. The van der Waals surface area contributed by atoms with E-state index in [4.69, 9.17) is 49.9 Å². The minimum atomic E-state index is -4.24. The fourth-order valence-corrected chi connectivity index (χ4v) is 12.2. The van der Waals surface area contributed by atoms with Gasteiger partial charge >= 0.3 is 11.9 Å². The van der Waals surface area contributed by atoms with Crippen LogP contribution < -0.4 is 29.4 Å². The number of hydrogen-bond donors (Lipinski definition) is 3. The Morgan fingerprint density at radius 3 is 1.48 bits per heavy atom. The maximum atomic E-state index is 13.3. The number of sulfone groups is 1. The van der Waals surface area contributed by atoms with Gasteiger partial charge in [-0.1, -0.05) is 47.5 Å². The number of benzene rings is 6. The van der Waals surface area contributed by atoms with Gasteiger partial charge in [0.1, 0.15) is 54.2 Å². The number of hydrogen-bond acceptors (Lipinski definition) is 20. The molecule has 0 amide bonds. The molecule has 0 saturated heterocycles. The molecule has 0 fully saturated rings. The van der Waals surface area contributed by atoms with E-state index in [-0.39, 0.29) is 81.4 Å². The summed E-state index contributed by atoms with van der Waals surface area (Å²) in [5, 5.41) is 30.4. The summed E-state index contributed by atoms with van der Waals surface area (Å²) in [4.78, 5) is 45.0. The van der Waals surface area contributed by atoms with E-state index in [2.05, 4.69) is 35.9 Å². The lowest BCUT2D eigenvalue weighted by Gasteiger charge is -2.23. The average Bonchev–Trinajstić information content (AvgIpc) is 1.71. The molecule has 0 atom stereocenters. The van der Waals surface area contributed by atoms with Crippen LogP contribution in [0.3, 0.4) is 0 Å². The highest BCUT2D eigenvalue weighted by molar-refractivity contribution is 8.13. The maximum absolute atomic E-state index is 13.3. The second-order valence-electron chi connectivity index (χ2n) is 21.1. The summed E-state index contributed by atoms with van der Waals surface area (Å²) in [5.41, 5.74) is 7.83. The first-order valence-corrected chi connectivity index (χ1v) is 31.9. The van der Waals surface area contributed by atoms with E-state index in [9.17, 15) is 55.1 Å². The first-order chi connectivity index (χ1) is 40.4. The standard InChI is InChI=1S/C29H34N2O10S2.C14H19ClO5S.C10H14O.C7H8N2O3/c1-19-7-10-24(11-8-19)42(35,36)14-13-40-28(32)29(4,5)18-41-23-15-20(2)27(21(3)16-23)43(37,38)30-25-12-9-22(39-6)17-26(25)31(33)34;1-9-6-11(7-10(2)12(9)21(15,17)18)20-8-14(3,4)13(16)19-5;1-9-4-6-10(7-5-9)3-2-8-11;1-12-5-2-3-6(8)7(4-5)9(10)11/h7-12,15-17,30H,13-14,18H2,1-6H3;6-7H,8H2,1-5H3;4-7,11H,2-3,8H2,1H3;2-4H,8H2,1H3. The third-order valence-corrected chi connectivity index (χ3v) is 17.6. The van der Waals surface area contributed by atoms with E-state index in [1.54, 1.807) is 85.7 Å². The van der Waals surface area contributed by atoms with Crippen molar-refractivity contribution in [2.24, 2.45) is 10.8 Å². The molecule has 0 spiro atoms. The number of nitro benzene ring substituents is 2. The molecule has 23 nitrogen and oxygen atoms in total. The minimum absolute atomic E-state index is 0.0848. The number of rotatable bonds is 23. The number of sulfonamides is 1. The van der Waals surface area contributed by atoms with Gasteiger partial charge in [-0.15, -0.1) is 0 Å². The number of nitrogens with one attached hydrogen (secondary N) is 1. The molecular weight excluding hydrogens is 1210 g/mol. The molecule has 6 aromatic rings. The molecule has 0 aliphatic carbocycles. The smallest absolute Gasteiger partial charge is 0.315 e. The molecule has 0 aromatic heterocycles. The van der Waals surface area contributed by atoms with Crippen LogP contribution in [0.1, 0.15) is 73.1 Å². The van der Waals surface area contributed by atoms with E-state index in [1.807, 2.05) is 6.92 Å². The van der Waals surface area contributed by atoms with Gasteiger partial charge in [0, 0.05) is 17.3 Å². The van der Waals surface area contributed by atoms with Crippen molar-refractivity contribution in [1.29, 1.82) is 0 Å². The number of aliphatic hydroxyl groups is 1. The lowest BCUT2D eigenvalue weighted by molar-refractivity contribution is -0.384. The number of aryl methyl sites for hydroxylation is 7. The first-order valence-electron chi connectivity index (χ1n) is 26.5. The second-order valence-corrected chi connectivity index (χ2v) is 27.3. The summed E-state index contributed by atoms with van der Waals surface area (Å²) >= 11 is 0. The van der Waals surface area contributed by atoms with Gasteiger partial charge in [0.15, 0.2) is 9.84 Å². The van der Waals surface area contributed by atoms with Gasteiger partial charge < -0.3 is 39.3 Å². The number of carbonyl (C=O) groups is 2. The van der Waals surface area contributed by atoms with Crippen molar-refractivity contribution in [1.82, 2.24) is 0 Å². The topological polar surface area (TPSA) is 336 Å². The lowest BCUT2D eigenvalue weighted by atomic mass is 9.95. The van der Waals surface area contributed by atoms with Gasteiger partial charge in [0.2, 0.25) is 0 Å². The molecule has 474 valence electrons. The van der Waals surface area contributed by atoms with Crippen LogP contribution in [-0.2, 0) is 54.4 Å². The Balaban J connectivity index is 0.000000366. The first kappa shape index (κ1) is 73.2. The van der Waals surface area contributed by atoms with Crippen LogP contribution in [0.5, 0.6) is 23.0 Å². The summed E-state index contributed by atoms with van der Waals surface area (Å²) < 4.78 is 108. The van der Waals surface area contributed by atoms with Crippen molar-refractivity contribution >= 4 is 74.3 Å². The Kier molecular flexibility index (Phi) is 27.0. The number of carbonyl (C=O) groups excluding carboxylic acids is 2. The monoisotopic (exact) mass is 1290 g/mol. The van der Waals surface area contributed by atoms with E-state index in [0.717, 1.165) is 24.5 Å². The molecule has 87 heavy (non-hydrogen) atoms. The summed E-state index contributed by atoms with van der Waals surface area (Å²) in [6.45, 7) is 16.8. The van der Waals surface area contributed by atoms with E-state index < -0.39 is 61.2 Å². The number of ether oxygens (including phenoxy) is 6. The van der Waals surface area contributed by atoms with Gasteiger partial charge in [0.05, 0.1) is 74.6 Å². The van der Waals surface area contributed by atoms with Crippen LogP contribution in [0, 0.1) is 72.6 Å². The predicted octanol–water partition coefficient (Wildman–Crippen LogP) is 10.7. The van der Waals surface area contributed by atoms with Crippen molar-refractivity contribution in [2.45, 2.75) is 96.8 Å². The van der Waals surface area contributed by atoms with Crippen molar-refractivity contribution in [3.8, 4) is 23.0 Å². The number of nitro groups is 2. The number of aliphatic hydroxyl groups excluding tert-OH is 1. The quantitative estimate of drug-likeness (QED) is 0.0176. The molecule has 0 aliphatic heterocycles. The van der Waals surface area contributed by atoms with Crippen LogP contribution in [-0.4, -0.2) is 106 Å². The lowest BCUT2D eigenvalue weighted by Crippen LogP contribution is -2.34. The number of halogens is 1. The van der Waals surface area contributed by atoms with Gasteiger partial charge in [-0.2, -0.15) is 0 Å². The highest BCUT2D eigenvalue weighted by atomic mass is 35.7. The molecule has 6 rings (SSSR count). The Labute approximate surface area is 512 Å². The minimum Gasteiger partial charge on any atom is -0.496 e. The molecule has 0 radical (unpaired) electrons. The molecule has 0 heterocycles. The Bertz CT molecular complexity index is 3680. The van der Waals surface area contributed by atoms with Crippen molar-refractivity contribution in [2.75, 3.05) is 64.0 Å². The van der Waals surface area contributed by atoms with Crippen molar-refractivity contribution in [3.63, 3.8) is 0 Å². The molecule has 4 N–H and O–H groups in total. The molecule has 0 unspecified atom stereocenters. The molecule has 27 heteroatoms. The van der Waals surface area contributed by atoms with Crippen LogP contribution in [0.4, 0.5) is 22.7 Å². The fourth-order valence-electron chi connectivity index (χ4n) is 7.94. The van der Waals surface area contributed by atoms with E-state index in [0.29, 0.717) is 33.8 Å². The maximum Gasteiger partial charge on any atom is 0.315 e. The summed E-state index contributed by atoms with van der Waals surface area (Å²) in [7, 11) is -2.18. The summed E-state index contributed by atoms with van der Waals surface area (Å²) in [6.07, 6.45) is 1.85. The number of esters is 2. The fraction of sp³-hybridized carbons (Fsp3) is 0.367. The number of nitrogens with zero attached hydrogens (tertiary/aromatic N) is 2. The molecule has 0 bridgehead atoms. The van der Waals surface area contributed by atoms with E-state index in [1.165, 1.54) is 81.0 Å². The molecule has 0 saturated carbocycles. The third-order valence-electron chi connectivity index (χ3n) is 12.7. The molecule has 0 aliphatic rings. The van der Waals surface area contributed by atoms with Gasteiger partial charge in [-0.25, -0.2) is 25.3 Å². The highest BCUT2D eigenvalue weighted by Gasteiger charge is 2.33. The van der Waals surface area contributed by atoms with Crippen LogP contribution in [0.25, 0.3) is 0 Å². The van der Waals surface area contributed by atoms with Crippen molar-refractivity contribution in [3.05, 3.63) is 168 Å². The van der Waals surface area contributed by atoms with Gasteiger partial charge in [-0.3, -0.25) is 34.5 Å². The van der Waals surface area contributed by atoms with Gasteiger partial charge in [-0.05, 0) is 171 Å². The Hall–Kier alpha value is -8.04. The Morgan fingerprint density at radius 1 is 0.609 bits per heavy atom. The van der Waals surface area contributed by atoms with E-state index >= 15 is 0 Å². The zero-order chi connectivity index (χ0) is 65.8. The normalized spacial score (nSPS) is 11.4. The SMILES string of the molecule is COC(=O)C(C)(C)COc1cc(C)c(S(=O)(=O)Cl)c(C)c1.COc1ccc(N)c([N+](=O)[O-])c1.COc1ccc(NS(=O)(=O)c2c(C)cc(OCC(C)(C)C(=O)OCCS(=O)(=O)c3ccc(C)cc3)cc2C)c([N+](=O)[O-])c1.Cc1ccc(CCCO)cc1. The molecule has 6 aromatic carbocycles. The number of nitrogens with two attached hydrogens (primary N) is 1. The van der Waals surface area contributed by atoms with Crippen LogP contribution >= 0.6 is 10.7 Å². The zero-order valence-electron chi connectivity index (χ0n) is 50.7. The largest absolute Gasteiger partial charge is 0.496 e. The number of methoxy groups -OCH3 is 3. The number of anilines is 2. The summed E-state index contributed by atoms with van der Waals surface area (Å²) in [6, 6.07) is 29.0. The Morgan fingerprint density at radius 2 is 1.05 bits per heavy atom. The van der Waals surface area contributed by atoms with Crippen LogP contribution in [0.15, 0.2) is 124 Å². The highest BCUT2D eigenvalue weighted by Crippen LogP contribution is 2.35. The van der Waals surface area contributed by atoms with Crippen LogP contribution in [0.2, 0.25) is 0 Å². The third kappa shape index (κ3) is 22.3.